The zero-order valence-corrected chi connectivity index (χ0v) is 15.1. The van der Waals surface area contributed by atoms with E-state index in [2.05, 4.69) is 17.2 Å². The Balaban J connectivity index is 0.00000264. The monoisotopic (exact) mass is 334 g/mol. The second kappa shape index (κ2) is 9.65. The Hall–Kier alpha value is -0.583. The van der Waals surface area contributed by atoms with Crippen molar-refractivity contribution >= 4 is 17.3 Å². The predicted molar refractivity (Wildman–Crippen MR) is 82.3 cm³/mol. The standard InChI is InChI=1S/C15H24N2O4S.Li/c1-9(8-20-3)16-11-4-6-12(7-5-11)21-14-13(15(18)19)22-10(2)17-14;/h9,11-12,16H,4-8H2,1-3H3,(H,18,19);/q;+1/p-1/t9-,11?,12?;/m1./s1. The SMILES string of the molecule is COC[C@@H](C)NC1CCC(Oc2nc(C)sc2C(=O)[O-])CC1.[Li+]. The Bertz CT molecular complexity index is 504. The number of thiazole rings is 1. The average Bonchev–Trinajstić information content (AvgIpc) is 2.82. The van der Waals surface area contributed by atoms with Crippen molar-refractivity contribution in [3.8, 4) is 5.88 Å². The molecule has 23 heavy (non-hydrogen) atoms. The summed E-state index contributed by atoms with van der Waals surface area (Å²) in [6.45, 7) is 4.57. The molecule has 1 aromatic heterocycles. The molecular formula is C15H23LiN2O4S. The number of aromatic carboxylic acids is 1. The predicted octanol–water partition coefficient (Wildman–Crippen LogP) is -1.87. The summed E-state index contributed by atoms with van der Waals surface area (Å²) in [6.07, 6.45) is 3.81. The van der Waals surface area contributed by atoms with Gasteiger partial charge < -0.3 is 24.7 Å². The average molecular weight is 334 g/mol. The number of aromatic nitrogens is 1. The van der Waals surface area contributed by atoms with E-state index in [0.717, 1.165) is 37.0 Å². The minimum absolute atomic E-state index is 0. The second-order valence-electron chi connectivity index (χ2n) is 5.77. The number of nitrogens with zero attached hydrogens (tertiary/aromatic N) is 1. The number of carbonyl (C=O) groups is 1. The molecule has 0 radical (unpaired) electrons. The van der Waals surface area contributed by atoms with Gasteiger partial charge in [-0.1, -0.05) is 0 Å². The van der Waals surface area contributed by atoms with Crippen LogP contribution in [0, 0.1) is 6.92 Å². The van der Waals surface area contributed by atoms with Gasteiger partial charge in [-0.15, -0.1) is 11.3 Å². The van der Waals surface area contributed by atoms with Crippen LogP contribution in [0.2, 0.25) is 0 Å². The van der Waals surface area contributed by atoms with Crippen LogP contribution in [-0.4, -0.2) is 42.9 Å². The molecule has 1 heterocycles. The number of rotatable bonds is 7. The van der Waals surface area contributed by atoms with Gasteiger partial charge in [-0.3, -0.25) is 0 Å². The van der Waals surface area contributed by atoms with E-state index < -0.39 is 5.97 Å². The van der Waals surface area contributed by atoms with Crippen molar-refractivity contribution in [3.05, 3.63) is 9.88 Å². The molecule has 2 rings (SSSR count). The molecule has 0 aliphatic heterocycles. The van der Waals surface area contributed by atoms with Crippen molar-refractivity contribution in [2.45, 2.75) is 57.7 Å². The van der Waals surface area contributed by atoms with Crippen LogP contribution in [0.5, 0.6) is 5.88 Å². The van der Waals surface area contributed by atoms with E-state index in [9.17, 15) is 9.90 Å². The van der Waals surface area contributed by atoms with E-state index in [1.165, 1.54) is 0 Å². The van der Waals surface area contributed by atoms with Crippen molar-refractivity contribution < 1.29 is 38.2 Å². The van der Waals surface area contributed by atoms with Crippen LogP contribution in [0.1, 0.15) is 47.3 Å². The molecule has 1 aromatic rings. The first-order chi connectivity index (χ1) is 10.5. The molecule has 0 saturated heterocycles. The third kappa shape index (κ3) is 6.09. The number of hydrogen-bond acceptors (Lipinski definition) is 7. The van der Waals surface area contributed by atoms with Gasteiger partial charge in [0.05, 0.1) is 17.6 Å². The Labute approximate surface area is 153 Å². The molecule has 1 N–H and O–H groups in total. The van der Waals surface area contributed by atoms with E-state index >= 15 is 0 Å². The Morgan fingerprint density at radius 1 is 1.43 bits per heavy atom. The van der Waals surface area contributed by atoms with Crippen LogP contribution in [0.4, 0.5) is 0 Å². The number of carboxylic acid groups (broad SMARTS) is 1. The molecule has 0 amide bonds. The Morgan fingerprint density at radius 3 is 2.65 bits per heavy atom. The molecular weight excluding hydrogens is 311 g/mol. The van der Waals surface area contributed by atoms with Crippen molar-refractivity contribution in [3.63, 3.8) is 0 Å². The molecule has 124 valence electrons. The summed E-state index contributed by atoms with van der Waals surface area (Å²) in [4.78, 5) is 15.3. The van der Waals surface area contributed by atoms with Gasteiger partial charge in [-0.2, -0.15) is 0 Å². The summed E-state index contributed by atoms with van der Waals surface area (Å²) in [5, 5.41) is 15.3. The fraction of sp³-hybridized carbons (Fsp3) is 0.733. The Kier molecular flexibility index (Phi) is 8.59. The summed E-state index contributed by atoms with van der Waals surface area (Å²) >= 11 is 1.10. The summed E-state index contributed by atoms with van der Waals surface area (Å²) in [6, 6.07) is 0.793. The van der Waals surface area contributed by atoms with E-state index in [-0.39, 0.29) is 35.7 Å². The summed E-state index contributed by atoms with van der Waals surface area (Å²) in [5.74, 6) is -1.00. The molecule has 1 atom stereocenters. The molecule has 1 aliphatic carbocycles. The molecule has 6 nitrogen and oxygen atoms in total. The quantitative estimate of drug-likeness (QED) is 0.589. The van der Waals surface area contributed by atoms with Crippen LogP contribution in [-0.2, 0) is 4.74 Å². The van der Waals surface area contributed by atoms with Crippen LogP contribution in [0.15, 0.2) is 0 Å². The molecule has 0 spiro atoms. The number of aryl methyl sites for hydroxylation is 1. The molecule has 0 bridgehead atoms. The number of nitrogens with one attached hydrogen (secondary N) is 1. The van der Waals surface area contributed by atoms with Crippen molar-refractivity contribution in [1.29, 1.82) is 0 Å². The number of carboxylic acids is 1. The zero-order chi connectivity index (χ0) is 16.1. The maximum absolute atomic E-state index is 11.1. The summed E-state index contributed by atoms with van der Waals surface area (Å²) < 4.78 is 10.9. The van der Waals surface area contributed by atoms with Gasteiger partial charge in [-0.25, -0.2) is 4.98 Å². The number of ether oxygens (including phenoxy) is 2. The molecule has 1 saturated carbocycles. The molecule has 8 heteroatoms. The van der Waals surface area contributed by atoms with Crippen molar-refractivity contribution in [2.75, 3.05) is 13.7 Å². The van der Waals surface area contributed by atoms with Gasteiger partial charge in [0.25, 0.3) is 0 Å². The third-order valence-electron chi connectivity index (χ3n) is 3.78. The first kappa shape index (κ1) is 20.5. The van der Waals surface area contributed by atoms with E-state index in [0.29, 0.717) is 23.7 Å². The van der Waals surface area contributed by atoms with Gasteiger partial charge >= 0.3 is 18.9 Å². The number of carbonyl (C=O) groups excluding carboxylic acids is 1. The summed E-state index contributed by atoms with van der Waals surface area (Å²) in [7, 11) is 1.70. The minimum Gasteiger partial charge on any atom is -0.544 e. The first-order valence-corrected chi connectivity index (χ1v) is 8.41. The van der Waals surface area contributed by atoms with Gasteiger partial charge in [0.2, 0.25) is 5.88 Å². The van der Waals surface area contributed by atoms with Crippen LogP contribution in [0.3, 0.4) is 0 Å². The molecule has 1 aliphatic rings. The third-order valence-corrected chi connectivity index (χ3v) is 4.71. The Morgan fingerprint density at radius 2 is 2.09 bits per heavy atom. The van der Waals surface area contributed by atoms with Crippen LogP contribution < -0.4 is 34.0 Å². The van der Waals surface area contributed by atoms with Gasteiger partial charge in [0.1, 0.15) is 11.0 Å². The first-order valence-electron chi connectivity index (χ1n) is 7.60. The van der Waals surface area contributed by atoms with Crippen molar-refractivity contribution in [2.24, 2.45) is 0 Å². The topological polar surface area (TPSA) is 83.5 Å². The summed E-state index contributed by atoms with van der Waals surface area (Å²) in [5.41, 5.74) is 0. The van der Waals surface area contributed by atoms with Gasteiger partial charge in [0, 0.05) is 19.2 Å². The minimum atomic E-state index is -1.22. The maximum Gasteiger partial charge on any atom is 1.00 e. The largest absolute Gasteiger partial charge is 1.00 e. The van der Waals surface area contributed by atoms with Crippen LogP contribution >= 0.6 is 11.3 Å². The fourth-order valence-electron chi connectivity index (χ4n) is 2.82. The van der Waals surface area contributed by atoms with Crippen LogP contribution in [0.25, 0.3) is 0 Å². The zero-order valence-electron chi connectivity index (χ0n) is 14.3. The van der Waals surface area contributed by atoms with E-state index in [1.807, 2.05) is 0 Å². The molecule has 1 fully saturated rings. The van der Waals surface area contributed by atoms with Gasteiger partial charge in [0.15, 0.2) is 0 Å². The maximum atomic E-state index is 11.1. The smallest absolute Gasteiger partial charge is 0.544 e. The second-order valence-corrected chi connectivity index (χ2v) is 6.97. The fourth-order valence-corrected chi connectivity index (χ4v) is 3.51. The van der Waals surface area contributed by atoms with E-state index in [4.69, 9.17) is 9.47 Å². The van der Waals surface area contributed by atoms with E-state index in [1.54, 1.807) is 14.0 Å². The normalized spacial score (nSPS) is 22.2. The van der Waals surface area contributed by atoms with Crippen molar-refractivity contribution in [1.82, 2.24) is 10.3 Å². The molecule has 0 unspecified atom stereocenters. The number of methoxy groups -OCH3 is 1. The number of hydrogen-bond donors (Lipinski definition) is 1. The van der Waals surface area contributed by atoms with Gasteiger partial charge in [-0.05, 0) is 39.5 Å². The molecule has 0 aromatic carbocycles.